The minimum Gasteiger partial charge on any atom is -0.497 e. The Morgan fingerprint density at radius 1 is 0.950 bits per heavy atom. The van der Waals surface area contributed by atoms with Crippen molar-refractivity contribution >= 4 is 11.5 Å². The summed E-state index contributed by atoms with van der Waals surface area (Å²) >= 11 is 0. The van der Waals surface area contributed by atoms with Crippen LogP contribution in [0.25, 0.3) is 0 Å². The van der Waals surface area contributed by atoms with Gasteiger partial charge in [0, 0.05) is 56.7 Å². The highest BCUT2D eigenvalue weighted by atomic mass is 19.4. The number of aromatic nitrogens is 2. The molecule has 10 nitrogen and oxygen atoms in total. The predicted molar refractivity (Wildman–Crippen MR) is 216 cm³/mol. The topological polar surface area (TPSA) is 92.7 Å². The van der Waals surface area contributed by atoms with E-state index in [9.17, 15) is 9.50 Å². The van der Waals surface area contributed by atoms with Gasteiger partial charge in [-0.2, -0.15) is 23.1 Å². The van der Waals surface area contributed by atoms with Crippen molar-refractivity contribution < 1.29 is 46.0 Å². The molecule has 3 saturated heterocycles. The molecule has 4 aromatic rings. The molecule has 5 heterocycles. The Morgan fingerprint density at radius 2 is 1.60 bits per heavy atom. The van der Waals surface area contributed by atoms with E-state index >= 15 is 17.6 Å². The number of halogens is 5. The lowest BCUT2D eigenvalue weighted by Crippen LogP contribution is -2.47. The Morgan fingerprint density at radius 3 is 2.22 bits per heavy atom. The van der Waals surface area contributed by atoms with Crippen LogP contribution in [0.3, 0.4) is 0 Å². The van der Waals surface area contributed by atoms with Crippen molar-refractivity contribution in [1.29, 1.82) is 0 Å². The first-order chi connectivity index (χ1) is 28.6. The van der Waals surface area contributed by atoms with E-state index in [-0.39, 0.29) is 56.5 Å². The number of aliphatic hydroxyl groups is 1. The van der Waals surface area contributed by atoms with Gasteiger partial charge in [0.15, 0.2) is 5.82 Å². The molecule has 15 heteroatoms. The van der Waals surface area contributed by atoms with Gasteiger partial charge >= 0.3 is 12.2 Å². The van der Waals surface area contributed by atoms with Gasteiger partial charge < -0.3 is 33.9 Å². The SMILES string of the molecule is COc1ccc(CN(Cc2ccc(OC)cc2)c2cc(C)c(C(F)(F)F)c(C3Cc4nc(OC[C@@]56CCCN5C[C@H](F)C6)nc(N5CCCC(C)(O)C5)c4CO3)c2F)cc1. The van der Waals surface area contributed by atoms with Crippen LogP contribution in [0, 0.1) is 12.7 Å². The lowest BCUT2D eigenvalue weighted by atomic mass is 9.90. The van der Waals surface area contributed by atoms with E-state index in [1.54, 1.807) is 50.3 Å². The maximum absolute atomic E-state index is 17.5. The number of fused-ring (bicyclic) bond motifs is 2. The zero-order chi connectivity index (χ0) is 42.4. The van der Waals surface area contributed by atoms with Crippen LogP contribution in [0.4, 0.5) is 33.5 Å². The molecule has 1 aromatic heterocycles. The highest BCUT2D eigenvalue weighted by molar-refractivity contribution is 5.59. The Bertz CT molecular complexity index is 2120. The number of ether oxygens (including phenoxy) is 4. The Balaban J connectivity index is 1.19. The molecule has 0 spiro atoms. The van der Waals surface area contributed by atoms with Crippen molar-refractivity contribution in [3.63, 3.8) is 0 Å². The van der Waals surface area contributed by atoms with Crippen molar-refractivity contribution in [1.82, 2.24) is 14.9 Å². The number of aryl methyl sites for hydroxylation is 1. The van der Waals surface area contributed by atoms with Gasteiger partial charge in [0.2, 0.25) is 0 Å². The monoisotopic (exact) mass is 837 g/mol. The van der Waals surface area contributed by atoms with Crippen LogP contribution >= 0.6 is 0 Å². The zero-order valence-corrected chi connectivity index (χ0v) is 34.5. The van der Waals surface area contributed by atoms with Crippen molar-refractivity contribution in [2.75, 3.05) is 56.8 Å². The molecule has 4 aliphatic rings. The summed E-state index contributed by atoms with van der Waals surface area (Å²) in [7, 11) is 3.11. The van der Waals surface area contributed by atoms with E-state index < -0.39 is 46.5 Å². The fraction of sp³-hybridized carbons (Fsp3) is 0.511. The molecule has 1 N–H and O–H groups in total. The summed E-state index contributed by atoms with van der Waals surface area (Å²) in [6, 6.07) is 15.7. The van der Waals surface area contributed by atoms with E-state index in [1.807, 2.05) is 29.2 Å². The first-order valence-corrected chi connectivity index (χ1v) is 20.6. The van der Waals surface area contributed by atoms with Gasteiger partial charge in [-0.1, -0.05) is 24.3 Å². The number of methoxy groups -OCH3 is 2. The molecule has 0 bridgehead atoms. The average molecular weight is 838 g/mol. The van der Waals surface area contributed by atoms with E-state index in [2.05, 4.69) is 4.90 Å². The zero-order valence-electron chi connectivity index (χ0n) is 34.5. The Hall–Kier alpha value is -4.73. The summed E-state index contributed by atoms with van der Waals surface area (Å²) < 4.78 is 101. The maximum Gasteiger partial charge on any atom is 0.417 e. The van der Waals surface area contributed by atoms with Gasteiger partial charge in [-0.25, -0.2) is 8.78 Å². The van der Waals surface area contributed by atoms with Gasteiger partial charge in [0.1, 0.15) is 30.1 Å². The van der Waals surface area contributed by atoms with E-state index in [0.29, 0.717) is 60.9 Å². The smallest absolute Gasteiger partial charge is 0.417 e. The molecule has 4 atom stereocenters. The molecule has 0 saturated carbocycles. The van der Waals surface area contributed by atoms with Crippen LogP contribution in [0.5, 0.6) is 17.5 Å². The number of piperidine rings is 1. The average Bonchev–Trinajstić information content (AvgIpc) is 3.75. The van der Waals surface area contributed by atoms with Gasteiger partial charge in [0.25, 0.3) is 0 Å². The normalized spacial score (nSPS) is 24.3. The number of hydrogen-bond acceptors (Lipinski definition) is 10. The van der Waals surface area contributed by atoms with Crippen molar-refractivity contribution in [2.45, 2.75) is 102 Å². The first-order valence-electron chi connectivity index (χ1n) is 20.6. The maximum atomic E-state index is 17.5. The summed E-state index contributed by atoms with van der Waals surface area (Å²) in [5, 5.41) is 11.1. The van der Waals surface area contributed by atoms with E-state index in [4.69, 9.17) is 28.9 Å². The van der Waals surface area contributed by atoms with E-state index in [1.165, 1.54) is 13.0 Å². The largest absolute Gasteiger partial charge is 0.497 e. The fourth-order valence-electron chi connectivity index (χ4n) is 9.63. The fourth-order valence-corrected chi connectivity index (χ4v) is 9.63. The van der Waals surface area contributed by atoms with Crippen LogP contribution < -0.4 is 24.0 Å². The molecule has 4 aliphatic heterocycles. The van der Waals surface area contributed by atoms with Gasteiger partial charge in [-0.3, -0.25) is 4.90 Å². The third-order valence-electron chi connectivity index (χ3n) is 12.6. The summed E-state index contributed by atoms with van der Waals surface area (Å²) in [6.07, 6.45) is -4.18. The van der Waals surface area contributed by atoms with Crippen LogP contribution in [-0.2, 0) is 37.0 Å². The van der Waals surface area contributed by atoms with Crippen molar-refractivity contribution in [3.05, 3.63) is 99.5 Å². The van der Waals surface area contributed by atoms with Gasteiger partial charge in [-0.15, -0.1) is 0 Å². The minimum atomic E-state index is -4.91. The second-order valence-corrected chi connectivity index (χ2v) is 17.0. The van der Waals surface area contributed by atoms with Crippen molar-refractivity contribution in [2.24, 2.45) is 0 Å². The number of hydrogen-bond donors (Lipinski definition) is 1. The third-order valence-corrected chi connectivity index (χ3v) is 12.6. The minimum absolute atomic E-state index is 0.00440. The number of anilines is 2. The van der Waals surface area contributed by atoms with Gasteiger partial charge in [-0.05, 0) is 93.1 Å². The Kier molecular flexibility index (Phi) is 11.6. The second-order valence-electron chi connectivity index (χ2n) is 17.0. The number of β-amino-alcohol motifs (C(OH)–C–C–N with tert-alkyl or cyclic N) is 1. The summed E-state index contributed by atoms with van der Waals surface area (Å²) in [6.45, 7) is 5.32. The number of alkyl halides is 4. The molecule has 0 amide bonds. The number of rotatable bonds is 12. The highest BCUT2D eigenvalue weighted by Gasteiger charge is 2.50. The first kappa shape index (κ1) is 42.0. The van der Waals surface area contributed by atoms with Gasteiger partial charge in [0.05, 0.1) is 55.0 Å². The Labute approximate surface area is 347 Å². The molecule has 3 aromatic carbocycles. The van der Waals surface area contributed by atoms with Crippen LogP contribution in [0.2, 0.25) is 0 Å². The molecular weight excluding hydrogens is 786 g/mol. The lowest BCUT2D eigenvalue weighted by molar-refractivity contribution is -0.140. The molecule has 3 fully saturated rings. The highest BCUT2D eigenvalue weighted by Crippen LogP contribution is 2.47. The third kappa shape index (κ3) is 8.58. The van der Waals surface area contributed by atoms with Crippen LogP contribution in [0.15, 0.2) is 54.6 Å². The molecule has 0 aliphatic carbocycles. The summed E-state index contributed by atoms with van der Waals surface area (Å²) in [5.41, 5.74) is -0.853. The molecule has 322 valence electrons. The van der Waals surface area contributed by atoms with E-state index in [0.717, 1.165) is 30.5 Å². The number of nitrogens with zero attached hydrogens (tertiary/aromatic N) is 5. The molecule has 0 radical (unpaired) electrons. The molecular formula is C45H52F5N5O5. The molecule has 60 heavy (non-hydrogen) atoms. The quantitative estimate of drug-likeness (QED) is 0.141. The summed E-state index contributed by atoms with van der Waals surface area (Å²) in [4.78, 5) is 15.3. The second kappa shape index (κ2) is 16.6. The van der Waals surface area contributed by atoms with Crippen molar-refractivity contribution in [3.8, 4) is 17.5 Å². The lowest BCUT2D eigenvalue weighted by Gasteiger charge is -2.39. The standard InChI is InChI=1S/C45H52F5N5O5/c1-28-19-36(54(22-29-7-11-32(57-3)12-8-29)23-30-9-13-33(58-4)14-10-30)40(47)38(39(28)45(48,49)50)37-20-35-34(25-59-37)41(53-17-5-15-43(2,56)26-53)52-42(51-35)60-27-44-16-6-18-55(44)24-31(46)21-44/h7-14,19,31,37,56H,5-6,15-18,20-27H2,1-4H3/t31-,37?,43?,44+/m1/s1. The predicted octanol–water partition coefficient (Wildman–Crippen LogP) is 8.29. The molecule has 2 unspecified atom stereocenters. The van der Waals surface area contributed by atoms with Crippen LogP contribution in [0.1, 0.15) is 84.2 Å². The molecule has 8 rings (SSSR count). The number of benzene rings is 3. The van der Waals surface area contributed by atoms with Crippen LogP contribution in [-0.4, -0.2) is 84.3 Å². The summed E-state index contributed by atoms with van der Waals surface area (Å²) in [5.74, 6) is 0.680.